The Kier molecular flexibility index (Phi) is 5.80. The van der Waals surface area contributed by atoms with Crippen LogP contribution in [-0.2, 0) is 11.4 Å². The van der Waals surface area contributed by atoms with Crippen LogP contribution in [0.1, 0.15) is 15.9 Å². The highest BCUT2D eigenvalue weighted by Gasteiger charge is 2.16. The minimum Gasteiger partial charge on any atom is -0.489 e. The predicted molar refractivity (Wildman–Crippen MR) is 111 cm³/mol. The third kappa shape index (κ3) is 4.88. The molecule has 152 valence electrons. The summed E-state index contributed by atoms with van der Waals surface area (Å²) in [6, 6.07) is 21.8. The summed E-state index contributed by atoms with van der Waals surface area (Å²) in [6.45, 7) is 0.455. The van der Waals surface area contributed by atoms with Gasteiger partial charge >= 0.3 is 0 Å². The van der Waals surface area contributed by atoms with E-state index in [9.17, 15) is 9.59 Å². The quantitative estimate of drug-likeness (QED) is 0.631. The Morgan fingerprint density at radius 1 is 0.900 bits per heavy atom. The molecule has 3 aromatic carbocycles. The van der Waals surface area contributed by atoms with E-state index in [0.717, 1.165) is 5.56 Å². The van der Waals surface area contributed by atoms with Crippen molar-refractivity contribution in [2.75, 3.05) is 18.7 Å². The lowest BCUT2D eigenvalue weighted by Crippen LogP contribution is -2.32. The monoisotopic (exact) mass is 404 g/mol. The highest BCUT2D eigenvalue weighted by molar-refractivity contribution is 5.99. The number of rotatable bonds is 7. The normalized spacial score (nSPS) is 11.6. The van der Waals surface area contributed by atoms with Crippen LogP contribution in [0.5, 0.6) is 17.2 Å². The van der Waals surface area contributed by atoms with Crippen LogP contribution < -0.4 is 24.8 Å². The number of ether oxygens (including phenoxy) is 3. The van der Waals surface area contributed by atoms with E-state index in [1.54, 1.807) is 42.5 Å². The smallest absolute Gasteiger partial charge is 0.251 e. The number of fused-ring (bicyclic) bond motifs is 1. The molecular formula is C23H20N2O5. The van der Waals surface area contributed by atoms with E-state index in [0.29, 0.717) is 35.1 Å². The zero-order valence-electron chi connectivity index (χ0n) is 16.1. The Morgan fingerprint density at radius 3 is 2.47 bits per heavy atom. The average molecular weight is 404 g/mol. The molecule has 1 aliphatic rings. The fourth-order valence-corrected chi connectivity index (χ4v) is 2.88. The van der Waals surface area contributed by atoms with Crippen molar-refractivity contribution in [1.29, 1.82) is 0 Å². The lowest BCUT2D eigenvalue weighted by atomic mass is 10.2. The standard InChI is InChI=1S/C23H20N2O5/c26-22(13-24-23(27)17-6-11-20-21(12-17)30-15-29-20)25-18-7-9-19(10-8-18)28-14-16-4-2-1-3-5-16/h1-12H,13-15H2,(H,24,27)(H,25,26). The molecule has 0 atom stereocenters. The summed E-state index contributed by atoms with van der Waals surface area (Å²) in [5.74, 6) is 1.12. The molecule has 0 radical (unpaired) electrons. The van der Waals surface area contributed by atoms with E-state index < -0.39 is 0 Å². The van der Waals surface area contributed by atoms with Crippen LogP contribution in [0.2, 0.25) is 0 Å². The molecule has 4 rings (SSSR count). The molecule has 0 aliphatic carbocycles. The van der Waals surface area contributed by atoms with Crippen LogP contribution >= 0.6 is 0 Å². The fraction of sp³-hybridized carbons (Fsp3) is 0.130. The Labute approximate surface area is 173 Å². The van der Waals surface area contributed by atoms with E-state index in [4.69, 9.17) is 14.2 Å². The molecule has 30 heavy (non-hydrogen) atoms. The first-order chi connectivity index (χ1) is 14.7. The molecule has 0 saturated carbocycles. The molecule has 0 aromatic heterocycles. The topological polar surface area (TPSA) is 85.9 Å². The molecule has 2 amide bonds. The van der Waals surface area contributed by atoms with Crippen LogP contribution in [-0.4, -0.2) is 25.2 Å². The number of benzene rings is 3. The molecule has 0 bridgehead atoms. The van der Waals surface area contributed by atoms with Gasteiger partial charge in [-0.15, -0.1) is 0 Å². The van der Waals surface area contributed by atoms with Gasteiger partial charge in [-0.2, -0.15) is 0 Å². The van der Waals surface area contributed by atoms with Gasteiger partial charge in [0.05, 0.1) is 6.54 Å². The van der Waals surface area contributed by atoms with Gasteiger partial charge < -0.3 is 24.8 Å². The van der Waals surface area contributed by atoms with Crippen LogP contribution in [0.15, 0.2) is 72.8 Å². The molecule has 7 nitrogen and oxygen atoms in total. The number of hydrogen-bond donors (Lipinski definition) is 2. The van der Waals surface area contributed by atoms with E-state index >= 15 is 0 Å². The highest BCUT2D eigenvalue weighted by Crippen LogP contribution is 2.32. The van der Waals surface area contributed by atoms with Gasteiger partial charge in [-0.1, -0.05) is 30.3 Å². The Balaban J connectivity index is 1.24. The second kappa shape index (κ2) is 9.00. The number of nitrogens with one attached hydrogen (secondary N) is 2. The minimum atomic E-state index is -0.367. The van der Waals surface area contributed by atoms with Crippen molar-refractivity contribution in [3.05, 3.63) is 83.9 Å². The summed E-state index contributed by atoms with van der Waals surface area (Å²) in [7, 11) is 0. The zero-order chi connectivity index (χ0) is 20.8. The van der Waals surface area contributed by atoms with E-state index in [-0.39, 0.29) is 25.2 Å². The SMILES string of the molecule is O=C(CNC(=O)c1ccc2c(c1)OCO2)Nc1ccc(OCc2ccccc2)cc1. The van der Waals surface area contributed by atoms with E-state index in [2.05, 4.69) is 10.6 Å². The molecule has 3 aromatic rings. The summed E-state index contributed by atoms with van der Waals surface area (Å²) >= 11 is 0. The number of hydrogen-bond acceptors (Lipinski definition) is 5. The Bertz CT molecular complexity index is 1040. The van der Waals surface area contributed by atoms with Gasteiger partial charge in [0.2, 0.25) is 12.7 Å². The van der Waals surface area contributed by atoms with Crippen molar-refractivity contribution in [2.45, 2.75) is 6.61 Å². The summed E-state index contributed by atoms with van der Waals surface area (Å²) in [5, 5.41) is 5.33. The second-order valence-electron chi connectivity index (χ2n) is 6.60. The third-order valence-corrected chi connectivity index (χ3v) is 4.43. The maximum atomic E-state index is 12.2. The zero-order valence-corrected chi connectivity index (χ0v) is 16.1. The van der Waals surface area contributed by atoms with Gasteiger partial charge in [0.15, 0.2) is 11.5 Å². The van der Waals surface area contributed by atoms with Crippen molar-refractivity contribution in [3.8, 4) is 17.2 Å². The summed E-state index contributed by atoms with van der Waals surface area (Å²) < 4.78 is 16.2. The molecule has 0 fully saturated rings. The van der Waals surface area contributed by atoms with Crippen LogP contribution in [0.4, 0.5) is 5.69 Å². The molecule has 1 heterocycles. The lowest BCUT2D eigenvalue weighted by molar-refractivity contribution is -0.115. The van der Waals surface area contributed by atoms with Crippen molar-refractivity contribution >= 4 is 17.5 Å². The maximum absolute atomic E-state index is 12.2. The second-order valence-corrected chi connectivity index (χ2v) is 6.60. The number of anilines is 1. The van der Waals surface area contributed by atoms with Crippen LogP contribution in [0, 0.1) is 0 Å². The van der Waals surface area contributed by atoms with Gasteiger partial charge in [-0.3, -0.25) is 9.59 Å². The summed E-state index contributed by atoms with van der Waals surface area (Å²) in [5.41, 5.74) is 2.09. The first kappa shape index (κ1) is 19.3. The Morgan fingerprint density at radius 2 is 1.67 bits per heavy atom. The molecule has 0 saturated heterocycles. The Hall–Kier alpha value is -4.00. The third-order valence-electron chi connectivity index (χ3n) is 4.43. The molecule has 0 unspecified atom stereocenters. The van der Waals surface area contributed by atoms with Crippen molar-refractivity contribution in [2.24, 2.45) is 0 Å². The molecule has 2 N–H and O–H groups in total. The van der Waals surface area contributed by atoms with Crippen molar-refractivity contribution in [1.82, 2.24) is 5.32 Å². The van der Waals surface area contributed by atoms with Gasteiger partial charge in [0.25, 0.3) is 5.91 Å². The largest absolute Gasteiger partial charge is 0.489 e. The predicted octanol–water partition coefficient (Wildman–Crippen LogP) is 3.36. The molecular weight excluding hydrogens is 384 g/mol. The van der Waals surface area contributed by atoms with Crippen molar-refractivity contribution < 1.29 is 23.8 Å². The molecule has 7 heteroatoms. The first-order valence-corrected chi connectivity index (χ1v) is 9.42. The lowest BCUT2D eigenvalue weighted by Gasteiger charge is -2.09. The van der Waals surface area contributed by atoms with Gasteiger partial charge in [-0.05, 0) is 48.0 Å². The molecule has 0 spiro atoms. The summed E-state index contributed by atoms with van der Waals surface area (Å²) in [4.78, 5) is 24.4. The van der Waals surface area contributed by atoms with Gasteiger partial charge in [0, 0.05) is 11.3 Å². The highest BCUT2D eigenvalue weighted by atomic mass is 16.7. The van der Waals surface area contributed by atoms with Gasteiger partial charge in [-0.25, -0.2) is 0 Å². The van der Waals surface area contributed by atoms with Crippen molar-refractivity contribution in [3.63, 3.8) is 0 Å². The van der Waals surface area contributed by atoms with Crippen LogP contribution in [0.3, 0.4) is 0 Å². The number of carbonyl (C=O) groups excluding carboxylic acids is 2. The number of amides is 2. The molecule has 1 aliphatic heterocycles. The van der Waals surface area contributed by atoms with Crippen LogP contribution in [0.25, 0.3) is 0 Å². The maximum Gasteiger partial charge on any atom is 0.251 e. The summed E-state index contributed by atoms with van der Waals surface area (Å²) in [6.07, 6.45) is 0. The minimum absolute atomic E-state index is 0.138. The van der Waals surface area contributed by atoms with E-state index in [1.165, 1.54) is 0 Å². The number of carbonyl (C=O) groups is 2. The fourth-order valence-electron chi connectivity index (χ4n) is 2.88. The van der Waals surface area contributed by atoms with E-state index in [1.807, 2.05) is 30.3 Å². The van der Waals surface area contributed by atoms with Gasteiger partial charge in [0.1, 0.15) is 12.4 Å². The average Bonchev–Trinajstić information content (AvgIpc) is 3.26. The first-order valence-electron chi connectivity index (χ1n) is 9.42.